The number of benzene rings is 1. The van der Waals surface area contributed by atoms with Gasteiger partial charge in [-0.05, 0) is 58.7 Å². The molecule has 1 aliphatic heterocycles. The van der Waals surface area contributed by atoms with Crippen molar-refractivity contribution in [3.05, 3.63) is 57.9 Å². The van der Waals surface area contributed by atoms with Gasteiger partial charge in [-0.2, -0.15) is 0 Å². The smallest absolute Gasteiger partial charge is 0.336 e. The molecule has 1 heterocycles. The Balaban J connectivity index is 2.53. The molecule has 186 valence electrons. The van der Waals surface area contributed by atoms with E-state index in [9.17, 15) is 14.4 Å². The van der Waals surface area contributed by atoms with E-state index in [2.05, 4.69) is 0 Å². The number of amides is 1. The highest BCUT2D eigenvalue weighted by Gasteiger charge is 2.39. The van der Waals surface area contributed by atoms with Crippen molar-refractivity contribution in [3.8, 4) is 0 Å². The molecule has 0 spiro atoms. The number of nitrogens with two attached hydrogens (primary N) is 1. The first kappa shape index (κ1) is 27.6. The molecular weight excluding hydrogens is 456 g/mol. The quantitative estimate of drug-likeness (QED) is 0.562. The van der Waals surface area contributed by atoms with Gasteiger partial charge >= 0.3 is 11.9 Å². The third-order valence-corrected chi connectivity index (χ3v) is 6.19. The molecule has 7 nitrogen and oxygen atoms in total. The van der Waals surface area contributed by atoms with Gasteiger partial charge in [0, 0.05) is 22.3 Å². The molecule has 1 aromatic carbocycles. The Hall–Kier alpha value is -2.64. The number of nitrogens with zero attached hydrogens (tertiary/aromatic N) is 1. The van der Waals surface area contributed by atoms with Crippen molar-refractivity contribution in [2.75, 3.05) is 13.7 Å². The molecule has 8 heteroatoms. The molecule has 0 bridgehead atoms. The van der Waals surface area contributed by atoms with Crippen molar-refractivity contribution in [2.24, 2.45) is 17.6 Å². The molecule has 0 radical (unpaired) electrons. The standard InChI is InChI=1S/C26H35ClN2O5/c1-15(14-28)19(13-22(30)34-26(4,5)6)24(31)29-16(2)12-20(18-10-8-9-11-21(18)27)23(17(29)3)25(32)33-7/h8-12,15,19-20H,13-14,28H2,1-7H3. The van der Waals surface area contributed by atoms with Gasteiger partial charge in [-0.25, -0.2) is 4.79 Å². The van der Waals surface area contributed by atoms with Crippen LogP contribution in [0.3, 0.4) is 0 Å². The van der Waals surface area contributed by atoms with Gasteiger partial charge in [0.2, 0.25) is 5.91 Å². The summed E-state index contributed by atoms with van der Waals surface area (Å²) in [6, 6.07) is 7.24. The molecule has 34 heavy (non-hydrogen) atoms. The van der Waals surface area contributed by atoms with Crippen LogP contribution in [0.15, 0.2) is 47.3 Å². The number of hydrogen-bond acceptors (Lipinski definition) is 6. The predicted molar refractivity (Wildman–Crippen MR) is 132 cm³/mol. The van der Waals surface area contributed by atoms with Crippen molar-refractivity contribution in [2.45, 2.75) is 59.5 Å². The minimum atomic E-state index is -0.728. The highest BCUT2D eigenvalue weighted by molar-refractivity contribution is 6.31. The number of ether oxygens (including phenoxy) is 2. The second-order valence-electron chi connectivity index (χ2n) is 9.58. The van der Waals surface area contributed by atoms with E-state index in [1.165, 1.54) is 12.0 Å². The number of esters is 2. The molecule has 0 aromatic heterocycles. The van der Waals surface area contributed by atoms with Crippen LogP contribution in [0, 0.1) is 11.8 Å². The van der Waals surface area contributed by atoms with Crippen LogP contribution in [0.4, 0.5) is 0 Å². The molecule has 0 saturated carbocycles. The summed E-state index contributed by atoms with van der Waals surface area (Å²) in [5.41, 5.74) is 7.31. The number of rotatable bonds is 7. The molecule has 3 unspecified atom stereocenters. The first-order valence-corrected chi connectivity index (χ1v) is 11.7. The average Bonchev–Trinajstić information content (AvgIpc) is 2.75. The van der Waals surface area contributed by atoms with Crippen molar-refractivity contribution >= 4 is 29.4 Å². The Kier molecular flexibility index (Phi) is 9.08. The number of carbonyl (C=O) groups excluding carboxylic acids is 3. The third-order valence-electron chi connectivity index (χ3n) is 5.85. The van der Waals surface area contributed by atoms with Crippen LogP contribution in [0.2, 0.25) is 5.02 Å². The van der Waals surface area contributed by atoms with Gasteiger partial charge in [0.15, 0.2) is 0 Å². The summed E-state index contributed by atoms with van der Waals surface area (Å²) in [4.78, 5) is 40.7. The second-order valence-corrected chi connectivity index (χ2v) is 9.99. The van der Waals surface area contributed by atoms with Crippen LogP contribution in [0.1, 0.15) is 59.4 Å². The summed E-state index contributed by atoms with van der Waals surface area (Å²) < 4.78 is 10.5. The van der Waals surface area contributed by atoms with Gasteiger partial charge in [0.25, 0.3) is 0 Å². The summed E-state index contributed by atoms with van der Waals surface area (Å²) in [6.45, 7) is 10.8. The van der Waals surface area contributed by atoms with Crippen molar-refractivity contribution in [3.63, 3.8) is 0 Å². The molecule has 2 N–H and O–H groups in total. The Morgan fingerprint density at radius 1 is 1.18 bits per heavy atom. The largest absolute Gasteiger partial charge is 0.466 e. The molecule has 1 amide bonds. The number of halogens is 1. The van der Waals surface area contributed by atoms with Gasteiger partial charge < -0.3 is 15.2 Å². The second kappa shape index (κ2) is 11.2. The van der Waals surface area contributed by atoms with Gasteiger partial charge in [-0.1, -0.05) is 42.8 Å². The van der Waals surface area contributed by atoms with Crippen molar-refractivity contribution < 1.29 is 23.9 Å². The first-order chi connectivity index (χ1) is 15.8. The maximum Gasteiger partial charge on any atom is 0.336 e. The van der Waals surface area contributed by atoms with Crippen LogP contribution in [0.25, 0.3) is 0 Å². The average molecular weight is 491 g/mol. The van der Waals surface area contributed by atoms with E-state index in [-0.39, 0.29) is 24.8 Å². The lowest BCUT2D eigenvalue weighted by Gasteiger charge is -2.36. The van der Waals surface area contributed by atoms with E-state index in [0.29, 0.717) is 22.0 Å². The van der Waals surface area contributed by atoms with Gasteiger partial charge in [0.1, 0.15) is 5.60 Å². The fraction of sp³-hybridized carbons (Fsp3) is 0.500. The Bertz CT molecular complexity index is 1010. The van der Waals surface area contributed by atoms with E-state index < -0.39 is 29.4 Å². The van der Waals surface area contributed by atoms with E-state index in [0.717, 1.165) is 5.56 Å². The summed E-state index contributed by atoms with van der Waals surface area (Å²) in [5.74, 6) is -2.86. The lowest BCUT2D eigenvalue weighted by molar-refractivity contribution is -0.159. The molecule has 0 saturated heterocycles. The SMILES string of the molecule is COC(=O)C1=C(C)N(C(=O)C(CC(=O)OC(C)(C)C)C(C)CN)C(C)=CC1c1ccccc1Cl. The number of allylic oxidation sites excluding steroid dienone is 3. The summed E-state index contributed by atoms with van der Waals surface area (Å²) in [7, 11) is 1.30. The zero-order valence-electron chi connectivity index (χ0n) is 21.0. The zero-order chi connectivity index (χ0) is 25.8. The summed E-state index contributed by atoms with van der Waals surface area (Å²) >= 11 is 6.44. The summed E-state index contributed by atoms with van der Waals surface area (Å²) in [6.07, 6.45) is 1.70. The molecular formula is C26H35ClN2O5. The Labute approximate surface area is 206 Å². The number of carbonyl (C=O) groups is 3. The highest BCUT2D eigenvalue weighted by atomic mass is 35.5. The maximum absolute atomic E-state index is 13.8. The van der Waals surface area contributed by atoms with Crippen molar-refractivity contribution in [1.82, 2.24) is 4.90 Å². The minimum absolute atomic E-state index is 0.118. The Morgan fingerprint density at radius 2 is 1.79 bits per heavy atom. The van der Waals surface area contributed by atoms with Gasteiger partial charge in [-0.3, -0.25) is 14.5 Å². The number of methoxy groups -OCH3 is 1. The van der Waals surface area contributed by atoms with Crippen molar-refractivity contribution in [1.29, 1.82) is 0 Å². The highest BCUT2D eigenvalue weighted by Crippen LogP contribution is 2.40. The monoisotopic (exact) mass is 490 g/mol. The van der Waals surface area contributed by atoms with Crippen LogP contribution >= 0.6 is 11.6 Å². The van der Waals surface area contributed by atoms with Crippen LogP contribution in [0.5, 0.6) is 0 Å². The lowest BCUT2D eigenvalue weighted by atomic mass is 9.84. The normalized spacial score (nSPS) is 18.2. The maximum atomic E-state index is 13.8. The molecule has 1 aromatic rings. The fourth-order valence-corrected chi connectivity index (χ4v) is 4.38. The number of hydrogen-bond donors (Lipinski definition) is 1. The minimum Gasteiger partial charge on any atom is -0.466 e. The fourth-order valence-electron chi connectivity index (χ4n) is 4.13. The van der Waals surface area contributed by atoms with Gasteiger partial charge in [-0.15, -0.1) is 0 Å². The summed E-state index contributed by atoms with van der Waals surface area (Å²) in [5, 5.41) is 0.505. The van der Waals surface area contributed by atoms with E-state index in [4.69, 9.17) is 26.8 Å². The molecule has 2 rings (SSSR count). The Morgan fingerprint density at radius 3 is 2.32 bits per heavy atom. The van der Waals surface area contributed by atoms with Crippen LogP contribution in [-0.4, -0.2) is 42.0 Å². The van der Waals surface area contributed by atoms with Crippen LogP contribution in [-0.2, 0) is 23.9 Å². The molecule has 3 atom stereocenters. The lowest BCUT2D eigenvalue weighted by Crippen LogP contribution is -2.42. The van der Waals surface area contributed by atoms with Crippen LogP contribution < -0.4 is 5.73 Å². The zero-order valence-corrected chi connectivity index (χ0v) is 21.7. The topological polar surface area (TPSA) is 98.9 Å². The van der Waals surface area contributed by atoms with E-state index in [1.807, 2.05) is 31.2 Å². The predicted octanol–water partition coefficient (Wildman–Crippen LogP) is 4.56. The molecule has 0 aliphatic carbocycles. The molecule has 1 aliphatic rings. The van der Waals surface area contributed by atoms with E-state index >= 15 is 0 Å². The molecule has 0 fully saturated rings. The van der Waals surface area contributed by atoms with E-state index in [1.54, 1.807) is 40.7 Å². The van der Waals surface area contributed by atoms with Gasteiger partial charge in [0.05, 0.1) is 25.0 Å². The first-order valence-electron chi connectivity index (χ1n) is 11.3. The third kappa shape index (κ3) is 6.27.